The zero-order valence-corrected chi connectivity index (χ0v) is 15.1. The number of benzene rings is 1. The fourth-order valence-corrected chi connectivity index (χ4v) is 2.71. The van der Waals surface area contributed by atoms with E-state index >= 15 is 0 Å². The van der Waals surface area contributed by atoms with Gasteiger partial charge in [-0.1, -0.05) is 53.5 Å². The molecule has 1 aromatic carbocycles. The average Bonchev–Trinajstić information content (AvgIpc) is 2.47. The fourth-order valence-electron chi connectivity index (χ4n) is 2.22. The second kappa shape index (κ2) is 7.71. The van der Waals surface area contributed by atoms with E-state index in [9.17, 15) is 4.79 Å². The summed E-state index contributed by atoms with van der Waals surface area (Å²) in [7, 11) is 0. The van der Waals surface area contributed by atoms with Crippen molar-refractivity contribution in [1.29, 1.82) is 0 Å². The minimum atomic E-state index is -0.881. The number of anilines is 1. The highest BCUT2D eigenvalue weighted by Crippen LogP contribution is 2.37. The number of nitrogen functional groups attached to an aromatic ring is 1. The Hall–Kier alpha value is -1.20. The van der Waals surface area contributed by atoms with Gasteiger partial charge in [0.05, 0.1) is 0 Å². The number of hydrogen-bond donors (Lipinski definition) is 1. The maximum Gasteiger partial charge on any atom is 0.145 e. The lowest BCUT2D eigenvalue weighted by Crippen LogP contribution is -2.22. The van der Waals surface area contributed by atoms with Crippen molar-refractivity contribution >= 4 is 45.0 Å². The number of carbonyl (C=O) groups is 1. The molecular formula is C16H18Br2N2O. The Labute approximate surface area is 143 Å². The van der Waals surface area contributed by atoms with E-state index < -0.39 is 4.32 Å². The van der Waals surface area contributed by atoms with Gasteiger partial charge in [-0.2, -0.15) is 0 Å². The van der Waals surface area contributed by atoms with Crippen LogP contribution >= 0.6 is 32.9 Å². The molecule has 3 nitrogen and oxygen atoms in total. The normalized spacial score (nSPS) is 13.0. The molecule has 1 heterocycles. The molecule has 0 fully saturated rings. The molecule has 0 radical (unpaired) electrons. The Morgan fingerprint density at radius 1 is 1.29 bits per heavy atom. The molecule has 2 rings (SSSR count). The van der Waals surface area contributed by atoms with Crippen LogP contribution in [0.2, 0.25) is 0 Å². The maximum absolute atomic E-state index is 11.7. The Morgan fingerprint density at radius 2 is 2.00 bits per heavy atom. The van der Waals surface area contributed by atoms with E-state index in [1.54, 1.807) is 18.3 Å². The lowest BCUT2D eigenvalue weighted by molar-refractivity contribution is -0.109. The van der Waals surface area contributed by atoms with E-state index in [2.05, 4.69) is 40.0 Å². The average molecular weight is 414 g/mol. The van der Waals surface area contributed by atoms with Crippen molar-refractivity contribution < 1.29 is 4.79 Å². The van der Waals surface area contributed by atoms with Gasteiger partial charge in [-0.3, -0.25) is 0 Å². The van der Waals surface area contributed by atoms with Gasteiger partial charge in [0.2, 0.25) is 0 Å². The third-order valence-corrected chi connectivity index (χ3v) is 4.35. The minimum Gasteiger partial charge on any atom is -0.384 e. The molecule has 0 aliphatic carbocycles. The molecule has 21 heavy (non-hydrogen) atoms. The summed E-state index contributed by atoms with van der Waals surface area (Å²) in [5.74, 6) is 0.401. The van der Waals surface area contributed by atoms with E-state index in [0.29, 0.717) is 5.82 Å². The standard InChI is InChI=1S/C16H17BrN2O.BrH/c1-2-4-12-5-3-6-13(9-12)16(17,11-20)14-7-8-19-15(18)10-14;/h3,5-11H,2,4H2,1H3,(H2,18,19);1H. The molecule has 0 saturated carbocycles. The highest BCUT2D eigenvalue weighted by molar-refractivity contribution is 9.10. The number of halogens is 2. The number of nitrogens with two attached hydrogens (primary N) is 1. The molecule has 0 bridgehead atoms. The van der Waals surface area contributed by atoms with Crippen molar-refractivity contribution in [2.45, 2.75) is 24.1 Å². The van der Waals surface area contributed by atoms with Crippen LogP contribution in [0.25, 0.3) is 0 Å². The van der Waals surface area contributed by atoms with Gasteiger partial charge in [0.25, 0.3) is 0 Å². The molecular weight excluding hydrogens is 396 g/mol. The van der Waals surface area contributed by atoms with Crippen molar-refractivity contribution in [3.8, 4) is 0 Å². The van der Waals surface area contributed by atoms with Crippen LogP contribution in [0.15, 0.2) is 42.6 Å². The molecule has 0 aliphatic heterocycles. The third-order valence-electron chi connectivity index (χ3n) is 3.25. The van der Waals surface area contributed by atoms with Crippen LogP contribution in [0.4, 0.5) is 5.82 Å². The first-order valence-electron chi connectivity index (χ1n) is 6.57. The van der Waals surface area contributed by atoms with Gasteiger partial charge >= 0.3 is 0 Å². The summed E-state index contributed by atoms with van der Waals surface area (Å²) < 4.78 is -0.881. The number of alkyl halides is 1. The van der Waals surface area contributed by atoms with Gasteiger partial charge in [-0.05, 0) is 35.2 Å². The molecule has 0 aliphatic rings. The largest absolute Gasteiger partial charge is 0.384 e. The Balaban J connectivity index is 0.00000220. The number of carbonyl (C=O) groups excluding carboxylic acids is 1. The number of nitrogens with zero attached hydrogens (tertiary/aromatic N) is 1. The zero-order valence-electron chi connectivity index (χ0n) is 11.8. The van der Waals surface area contributed by atoms with Crippen LogP contribution in [0.3, 0.4) is 0 Å². The van der Waals surface area contributed by atoms with Gasteiger partial charge < -0.3 is 10.5 Å². The Bertz CT molecular complexity index is 619. The first-order valence-corrected chi connectivity index (χ1v) is 7.36. The molecule has 112 valence electrons. The summed E-state index contributed by atoms with van der Waals surface area (Å²) in [6, 6.07) is 11.6. The third kappa shape index (κ3) is 3.92. The highest BCUT2D eigenvalue weighted by atomic mass is 79.9. The van der Waals surface area contributed by atoms with Crippen LogP contribution < -0.4 is 5.73 Å². The second-order valence-electron chi connectivity index (χ2n) is 4.75. The predicted molar refractivity (Wildman–Crippen MR) is 95.2 cm³/mol. The van der Waals surface area contributed by atoms with E-state index in [1.807, 2.05) is 12.1 Å². The van der Waals surface area contributed by atoms with Crippen molar-refractivity contribution in [2.75, 3.05) is 5.73 Å². The van der Waals surface area contributed by atoms with E-state index in [-0.39, 0.29) is 17.0 Å². The first-order chi connectivity index (χ1) is 9.60. The summed E-state index contributed by atoms with van der Waals surface area (Å²) in [5, 5.41) is 0. The van der Waals surface area contributed by atoms with Gasteiger partial charge in [0.15, 0.2) is 0 Å². The van der Waals surface area contributed by atoms with E-state index in [1.165, 1.54) is 5.56 Å². The van der Waals surface area contributed by atoms with Gasteiger partial charge in [0, 0.05) is 6.20 Å². The zero-order chi connectivity index (χ0) is 14.6. The molecule has 1 aromatic heterocycles. The molecule has 2 aromatic rings. The molecule has 0 saturated heterocycles. The summed E-state index contributed by atoms with van der Waals surface area (Å²) in [6.45, 7) is 2.14. The van der Waals surface area contributed by atoms with Crippen molar-refractivity contribution in [3.05, 3.63) is 59.3 Å². The number of hydrogen-bond acceptors (Lipinski definition) is 3. The fraction of sp³-hybridized carbons (Fsp3) is 0.250. The monoisotopic (exact) mass is 412 g/mol. The number of aromatic nitrogens is 1. The molecule has 1 unspecified atom stereocenters. The minimum absolute atomic E-state index is 0. The van der Waals surface area contributed by atoms with E-state index in [0.717, 1.165) is 30.3 Å². The highest BCUT2D eigenvalue weighted by Gasteiger charge is 2.31. The number of pyridine rings is 1. The van der Waals surface area contributed by atoms with Gasteiger partial charge in [0.1, 0.15) is 16.4 Å². The van der Waals surface area contributed by atoms with Crippen LogP contribution in [-0.4, -0.2) is 11.3 Å². The maximum atomic E-state index is 11.7. The van der Waals surface area contributed by atoms with Crippen molar-refractivity contribution in [3.63, 3.8) is 0 Å². The van der Waals surface area contributed by atoms with Crippen molar-refractivity contribution in [1.82, 2.24) is 4.98 Å². The number of aldehydes is 1. The lowest BCUT2D eigenvalue weighted by Gasteiger charge is -2.23. The van der Waals surface area contributed by atoms with Crippen LogP contribution in [0.5, 0.6) is 0 Å². The Kier molecular flexibility index (Phi) is 6.55. The SMILES string of the molecule is Br.CCCc1cccc(C(Br)(C=O)c2ccnc(N)c2)c1. The quantitative estimate of drug-likeness (QED) is 0.594. The molecule has 5 heteroatoms. The summed E-state index contributed by atoms with van der Waals surface area (Å²) in [5.41, 5.74) is 8.63. The summed E-state index contributed by atoms with van der Waals surface area (Å²) in [6.07, 6.45) is 4.57. The molecule has 0 spiro atoms. The molecule has 2 N–H and O–H groups in total. The van der Waals surface area contributed by atoms with Crippen LogP contribution in [0.1, 0.15) is 30.0 Å². The predicted octanol–water partition coefficient (Wildman–Crippen LogP) is 4.03. The van der Waals surface area contributed by atoms with Crippen LogP contribution in [0, 0.1) is 0 Å². The summed E-state index contributed by atoms with van der Waals surface area (Å²) in [4.78, 5) is 15.7. The van der Waals surface area contributed by atoms with Gasteiger partial charge in [-0.15, -0.1) is 17.0 Å². The first kappa shape index (κ1) is 17.9. The number of rotatable bonds is 5. The second-order valence-corrected chi connectivity index (χ2v) is 6.00. The Morgan fingerprint density at radius 3 is 2.62 bits per heavy atom. The number of aryl methyl sites for hydroxylation is 1. The lowest BCUT2D eigenvalue weighted by atomic mass is 9.91. The smallest absolute Gasteiger partial charge is 0.145 e. The van der Waals surface area contributed by atoms with Gasteiger partial charge in [-0.25, -0.2) is 4.98 Å². The molecule has 1 atom stereocenters. The van der Waals surface area contributed by atoms with Crippen molar-refractivity contribution in [2.24, 2.45) is 0 Å². The summed E-state index contributed by atoms with van der Waals surface area (Å²) >= 11 is 3.57. The van der Waals surface area contributed by atoms with E-state index in [4.69, 9.17) is 5.73 Å². The molecule has 0 amide bonds. The van der Waals surface area contributed by atoms with Crippen LogP contribution in [-0.2, 0) is 15.5 Å². The topological polar surface area (TPSA) is 56.0 Å².